The van der Waals surface area contributed by atoms with Crippen molar-refractivity contribution >= 4 is 17.2 Å². The molecule has 2 heterocycles. The molecule has 0 unspecified atom stereocenters. The van der Waals surface area contributed by atoms with E-state index in [0.29, 0.717) is 19.5 Å². The second-order valence-corrected chi connectivity index (χ2v) is 5.72. The van der Waals surface area contributed by atoms with Crippen molar-refractivity contribution in [1.82, 2.24) is 9.47 Å². The van der Waals surface area contributed by atoms with Crippen LogP contribution in [0.2, 0.25) is 0 Å². The lowest BCUT2D eigenvalue weighted by atomic mass is 10.2. The van der Waals surface area contributed by atoms with E-state index >= 15 is 0 Å². The van der Waals surface area contributed by atoms with Crippen molar-refractivity contribution in [3.63, 3.8) is 0 Å². The third-order valence-electron chi connectivity index (χ3n) is 3.15. The van der Waals surface area contributed by atoms with E-state index in [0.717, 1.165) is 6.42 Å². The largest absolute Gasteiger partial charge is 0.353 e. The molecule has 0 aliphatic carbocycles. The minimum absolute atomic E-state index is 0.233. The predicted molar refractivity (Wildman–Crippen MR) is 78.9 cm³/mol. The molecule has 2 rings (SSSR count). The summed E-state index contributed by atoms with van der Waals surface area (Å²) in [6.07, 6.45) is 3.53. The highest BCUT2D eigenvalue weighted by atomic mass is 32.1. The van der Waals surface area contributed by atoms with Crippen LogP contribution < -0.4 is 0 Å². The third-order valence-corrected chi connectivity index (χ3v) is 4.01. The van der Waals surface area contributed by atoms with Gasteiger partial charge < -0.3 is 9.47 Å². The molecule has 0 aromatic carbocycles. The Morgan fingerprint density at radius 1 is 1.32 bits per heavy atom. The molecule has 102 valence electrons. The van der Waals surface area contributed by atoms with E-state index in [2.05, 4.69) is 22.1 Å². The molecule has 0 aliphatic heterocycles. The minimum Gasteiger partial charge on any atom is -0.353 e. The number of carbonyl (C=O) groups excluding carboxylic acids is 1. The maximum atomic E-state index is 12.2. The lowest BCUT2D eigenvalue weighted by Crippen LogP contribution is -2.30. The smallest absolute Gasteiger partial charge is 0.223 e. The first kappa shape index (κ1) is 13.9. The van der Waals surface area contributed by atoms with Crippen molar-refractivity contribution in [2.45, 2.75) is 32.9 Å². The highest BCUT2D eigenvalue weighted by Crippen LogP contribution is 2.16. The molecule has 0 bridgehead atoms. The van der Waals surface area contributed by atoms with Crippen LogP contribution in [0.15, 0.2) is 35.8 Å². The molecule has 4 heteroatoms. The number of hydrogen-bond donors (Lipinski definition) is 0. The van der Waals surface area contributed by atoms with Crippen molar-refractivity contribution in [2.24, 2.45) is 7.05 Å². The zero-order chi connectivity index (χ0) is 13.7. The number of carbonyl (C=O) groups is 1. The summed E-state index contributed by atoms with van der Waals surface area (Å²) in [5.74, 6) is 0.233. The Morgan fingerprint density at radius 3 is 2.74 bits per heavy atom. The van der Waals surface area contributed by atoms with Gasteiger partial charge >= 0.3 is 0 Å². The number of aromatic nitrogens is 1. The number of thiophene rings is 1. The van der Waals surface area contributed by atoms with Crippen molar-refractivity contribution in [3.8, 4) is 0 Å². The number of hydrogen-bond acceptors (Lipinski definition) is 2. The van der Waals surface area contributed by atoms with Crippen molar-refractivity contribution in [2.75, 3.05) is 0 Å². The van der Waals surface area contributed by atoms with Gasteiger partial charge in [0.2, 0.25) is 5.91 Å². The summed E-state index contributed by atoms with van der Waals surface area (Å²) >= 11 is 1.70. The molecular weight excluding hydrogens is 256 g/mol. The average molecular weight is 276 g/mol. The molecular formula is C15H20N2OS. The summed E-state index contributed by atoms with van der Waals surface area (Å²) in [7, 11) is 2.02. The minimum atomic E-state index is 0.233. The van der Waals surface area contributed by atoms with Gasteiger partial charge in [0.05, 0.1) is 13.1 Å². The Labute approximate surface area is 118 Å². The number of amides is 1. The summed E-state index contributed by atoms with van der Waals surface area (Å²) in [5, 5.41) is 2.06. The standard InChI is InChI=1S/C15H20N2OS/c1-3-6-15(18)17(12-14-8-5-10-19-14)11-13-7-4-9-16(13)2/h4-5,7-10H,3,6,11-12H2,1-2H3. The van der Waals surface area contributed by atoms with Gasteiger partial charge in [-0.3, -0.25) is 4.79 Å². The fourth-order valence-electron chi connectivity index (χ4n) is 2.05. The van der Waals surface area contributed by atoms with Crippen LogP contribution in [0.1, 0.15) is 30.3 Å². The first-order valence-electron chi connectivity index (χ1n) is 6.61. The number of nitrogens with zero attached hydrogens (tertiary/aromatic N) is 2. The van der Waals surface area contributed by atoms with E-state index in [4.69, 9.17) is 0 Å². The van der Waals surface area contributed by atoms with Crippen molar-refractivity contribution in [1.29, 1.82) is 0 Å². The number of rotatable bonds is 6. The van der Waals surface area contributed by atoms with E-state index in [1.807, 2.05) is 37.2 Å². The maximum absolute atomic E-state index is 12.2. The summed E-state index contributed by atoms with van der Waals surface area (Å²) in [5.41, 5.74) is 1.17. The molecule has 0 saturated heterocycles. The van der Waals surface area contributed by atoms with Gasteiger partial charge in [-0.25, -0.2) is 0 Å². The van der Waals surface area contributed by atoms with Crippen LogP contribution in [-0.4, -0.2) is 15.4 Å². The Bertz CT molecular complexity index is 516. The van der Waals surface area contributed by atoms with Gasteiger partial charge in [0.15, 0.2) is 0 Å². The fourth-order valence-corrected chi connectivity index (χ4v) is 2.77. The lowest BCUT2D eigenvalue weighted by molar-refractivity contribution is -0.132. The van der Waals surface area contributed by atoms with E-state index in [9.17, 15) is 4.79 Å². The van der Waals surface area contributed by atoms with Gasteiger partial charge in [-0.15, -0.1) is 11.3 Å². The highest BCUT2D eigenvalue weighted by Gasteiger charge is 2.15. The lowest BCUT2D eigenvalue weighted by Gasteiger charge is -2.22. The summed E-state index contributed by atoms with van der Waals surface area (Å²) < 4.78 is 2.07. The van der Waals surface area contributed by atoms with Crippen LogP contribution in [0.4, 0.5) is 0 Å². The van der Waals surface area contributed by atoms with Crippen LogP contribution >= 0.6 is 11.3 Å². The van der Waals surface area contributed by atoms with E-state index < -0.39 is 0 Å². The molecule has 0 N–H and O–H groups in total. The second kappa shape index (κ2) is 6.57. The molecule has 2 aromatic rings. The van der Waals surface area contributed by atoms with Gasteiger partial charge in [0, 0.05) is 30.2 Å². The van der Waals surface area contributed by atoms with Gasteiger partial charge in [-0.1, -0.05) is 13.0 Å². The van der Waals surface area contributed by atoms with E-state index in [1.54, 1.807) is 11.3 Å². The van der Waals surface area contributed by atoms with Crippen LogP contribution in [-0.2, 0) is 24.9 Å². The summed E-state index contributed by atoms with van der Waals surface area (Å²) in [4.78, 5) is 15.4. The van der Waals surface area contributed by atoms with Crippen LogP contribution in [0.5, 0.6) is 0 Å². The summed E-state index contributed by atoms with van der Waals surface area (Å²) in [6, 6.07) is 8.20. The summed E-state index contributed by atoms with van der Waals surface area (Å²) in [6.45, 7) is 3.44. The third kappa shape index (κ3) is 3.70. The first-order valence-corrected chi connectivity index (χ1v) is 7.49. The van der Waals surface area contributed by atoms with Gasteiger partial charge in [-0.2, -0.15) is 0 Å². The van der Waals surface area contributed by atoms with Gasteiger partial charge in [0.1, 0.15) is 0 Å². The fraction of sp³-hybridized carbons (Fsp3) is 0.400. The Hall–Kier alpha value is -1.55. The molecule has 0 aliphatic rings. The molecule has 0 radical (unpaired) electrons. The molecule has 3 nitrogen and oxygen atoms in total. The van der Waals surface area contributed by atoms with E-state index in [-0.39, 0.29) is 5.91 Å². The van der Waals surface area contributed by atoms with Crippen molar-refractivity contribution < 1.29 is 4.79 Å². The van der Waals surface area contributed by atoms with Crippen molar-refractivity contribution in [3.05, 3.63) is 46.4 Å². The normalized spacial score (nSPS) is 10.6. The molecule has 0 saturated carbocycles. The highest BCUT2D eigenvalue weighted by molar-refractivity contribution is 7.09. The maximum Gasteiger partial charge on any atom is 0.223 e. The topological polar surface area (TPSA) is 25.2 Å². The van der Waals surface area contributed by atoms with Gasteiger partial charge in [-0.05, 0) is 30.0 Å². The molecule has 0 fully saturated rings. The zero-order valence-electron chi connectivity index (χ0n) is 11.5. The zero-order valence-corrected chi connectivity index (χ0v) is 12.3. The van der Waals surface area contributed by atoms with Crippen LogP contribution in [0.25, 0.3) is 0 Å². The SMILES string of the molecule is CCCC(=O)N(Cc1cccs1)Cc1cccn1C. The Kier molecular flexibility index (Phi) is 4.80. The first-order chi connectivity index (χ1) is 9.20. The van der Waals surface area contributed by atoms with E-state index in [1.165, 1.54) is 10.6 Å². The van der Waals surface area contributed by atoms with Crippen LogP contribution in [0.3, 0.4) is 0 Å². The molecule has 1 amide bonds. The van der Waals surface area contributed by atoms with Gasteiger partial charge in [0.25, 0.3) is 0 Å². The van der Waals surface area contributed by atoms with Crippen LogP contribution in [0, 0.1) is 0 Å². The Morgan fingerprint density at radius 2 is 2.16 bits per heavy atom. The Balaban J connectivity index is 2.10. The molecule has 2 aromatic heterocycles. The molecule has 19 heavy (non-hydrogen) atoms. The molecule has 0 atom stereocenters. The quantitative estimate of drug-likeness (QED) is 0.793. The molecule has 0 spiro atoms. The monoisotopic (exact) mass is 276 g/mol. The second-order valence-electron chi connectivity index (χ2n) is 4.69. The number of aryl methyl sites for hydroxylation is 1. The average Bonchev–Trinajstić information content (AvgIpc) is 3.02. The predicted octanol–water partition coefficient (Wildman–Crippen LogP) is 3.42.